The third kappa shape index (κ3) is 4.81. The second-order valence-electron chi connectivity index (χ2n) is 6.19. The van der Waals surface area contributed by atoms with Crippen molar-refractivity contribution in [2.24, 2.45) is 0 Å². The summed E-state index contributed by atoms with van der Waals surface area (Å²) in [5.41, 5.74) is 0.662. The number of carbonyl (C=O) groups is 2. The summed E-state index contributed by atoms with van der Waals surface area (Å²) in [6.07, 6.45) is 4.41. The molecule has 0 unspecified atom stereocenters. The lowest BCUT2D eigenvalue weighted by Crippen LogP contribution is -2.47. The highest BCUT2D eigenvalue weighted by atomic mass is 35.5. The summed E-state index contributed by atoms with van der Waals surface area (Å²) in [6.45, 7) is 0.999. The number of likely N-dealkylation sites (tertiary alicyclic amines) is 1. The van der Waals surface area contributed by atoms with Gasteiger partial charge in [-0.2, -0.15) is 0 Å². The first kappa shape index (κ1) is 19.3. The van der Waals surface area contributed by atoms with E-state index in [9.17, 15) is 14.7 Å². The summed E-state index contributed by atoms with van der Waals surface area (Å²) in [5, 5.41) is 15.9. The van der Waals surface area contributed by atoms with Crippen molar-refractivity contribution in [1.82, 2.24) is 15.2 Å². The molecule has 2 aromatic rings. The Balaban J connectivity index is 1.54. The lowest BCUT2D eigenvalue weighted by atomic mass is 10.0. The number of phenolic OH excluding ortho intramolecular Hbond substituents is 1. The van der Waals surface area contributed by atoms with Gasteiger partial charge in [-0.1, -0.05) is 23.2 Å². The van der Waals surface area contributed by atoms with Crippen LogP contribution in [0.25, 0.3) is 0 Å². The lowest BCUT2D eigenvalue weighted by Gasteiger charge is -2.32. The van der Waals surface area contributed by atoms with Gasteiger partial charge >= 0.3 is 6.03 Å². The standard InChI is InChI=1S/C18H18Cl2N4O3/c19-11-8-14(16(25)15(20)9-11)17(26)22-12-3-6-24(7-4-12)18(27)23-13-2-1-5-21-10-13/h1-2,5,8-10,12,25H,3-4,6-7H2,(H,22,26)(H,23,27). The molecule has 3 rings (SSSR count). The van der Waals surface area contributed by atoms with Crippen LogP contribution in [0.15, 0.2) is 36.7 Å². The number of anilines is 1. The number of aromatic nitrogens is 1. The maximum absolute atomic E-state index is 12.4. The smallest absolute Gasteiger partial charge is 0.321 e. The number of rotatable bonds is 3. The fraction of sp³-hybridized carbons (Fsp3) is 0.278. The molecule has 0 atom stereocenters. The highest BCUT2D eigenvalue weighted by molar-refractivity contribution is 6.36. The van der Waals surface area contributed by atoms with Crippen molar-refractivity contribution in [2.45, 2.75) is 18.9 Å². The van der Waals surface area contributed by atoms with Crippen LogP contribution in [0, 0.1) is 0 Å². The monoisotopic (exact) mass is 408 g/mol. The van der Waals surface area contributed by atoms with Crippen LogP contribution in [0.2, 0.25) is 10.0 Å². The number of hydrogen-bond donors (Lipinski definition) is 3. The van der Waals surface area contributed by atoms with Crippen molar-refractivity contribution in [3.63, 3.8) is 0 Å². The number of hydrogen-bond acceptors (Lipinski definition) is 4. The Labute approximate surface area is 166 Å². The minimum absolute atomic E-state index is 0.0227. The van der Waals surface area contributed by atoms with E-state index in [0.29, 0.717) is 31.6 Å². The molecule has 1 aliphatic rings. The summed E-state index contributed by atoms with van der Waals surface area (Å²) >= 11 is 11.8. The van der Waals surface area contributed by atoms with E-state index in [-0.39, 0.29) is 33.4 Å². The van der Waals surface area contributed by atoms with Crippen molar-refractivity contribution in [3.05, 3.63) is 52.3 Å². The number of halogens is 2. The molecule has 142 valence electrons. The normalized spacial score (nSPS) is 14.7. The average Bonchev–Trinajstić information content (AvgIpc) is 2.66. The van der Waals surface area contributed by atoms with Gasteiger partial charge in [-0.25, -0.2) is 4.79 Å². The summed E-state index contributed by atoms with van der Waals surface area (Å²) in [6, 6.07) is 5.93. The molecule has 0 saturated carbocycles. The summed E-state index contributed by atoms with van der Waals surface area (Å²) in [7, 11) is 0. The Bertz CT molecular complexity index is 840. The molecule has 2 heterocycles. The molecule has 0 radical (unpaired) electrons. The van der Waals surface area contributed by atoms with Gasteiger partial charge in [0.15, 0.2) is 0 Å². The molecular formula is C18H18Cl2N4O3. The van der Waals surface area contributed by atoms with Crippen LogP contribution in [-0.2, 0) is 0 Å². The second kappa shape index (κ2) is 8.45. The van der Waals surface area contributed by atoms with E-state index in [1.165, 1.54) is 12.1 Å². The largest absolute Gasteiger partial charge is 0.506 e. The molecule has 3 N–H and O–H groups in total. The molecule has 1 fully saturated rings. The Hall–Kier alpha value is -2.51. The zero-order valence-electron chi connectivity index (χ0n) is 14.3. The number of carbonyl (C=O) groups excluding carboxylic acids is 2. The third-order valence-electron chi connectivity index (χ3n) is 4.30. The highest BCUT2D eigenvalue weighted by Gasteiger charge is 2.25. The van der Waals surface area contributed by atoms with Crippen molar-refractivity contribution in [2.75, 3.05) is 18.4 Å². The van der Waals surface area contributed by atoms with Crippen LogP contribution >= 0.6 is 23.2 Å². The van der Waals surface area contributed by atoms with Crippen molar-refractivity contribution >= 4 is 40.8 Å². The zero-order valence-corrected chi connectivity index (χ0v) is 15.8. The Morgan fingerprint density at radius 3 is 2.63 bits per heavy atom. The van der Waals surface area contributed by atoms with Gasteiger partial charge in [-0.15, -0.1) is 0 Å². The van der Waals surface area contributed by atoms with Gasteiger partial charge < -0.3 is 20.6 Å². The minimum Gasteiger partial charge on any atom is -0.506 e. The first-order valence-corrected chi connectivity index (χ1v) is 9.14. The van der Waals surface area contributed by atoms with Gasteiger partial charge in [0.05, 0.1) is 22.5 Å². The quantitative estimate of drug-likeness (QED) is 0.723. The molecule has 1 saturated heterocycles. The van der Waals surface area contributed by atoms with E-state index in [4.69, 9.17) is 23.2 Å². The van der Waals surface area contributed by atoms with Gasteiger partial charge in [0.1, 0.15) is 5.75 Å². The first-order chi connectivity index (χ1) is 12.9. The number of nitrogens with zero attached hydrogens (tertiary/aromatic N) is 2. The van der Waals surface area contributed by atoms with Crippen LogP contribution in [-0.4, -0.2) is 46.1 Å². The molecule has 0 bridgehead atoms. The average molecular weight is 409 g/mol. The molecule has 0 aliphatic carbocycles. The van der Waals surface area contributed by atoms with E-state index < -0.39 is 5.91 Å². The lowest BCUT2D eigenvalue weighted by molar-refractivity contribution is 0.0916. The first-order valence-electron chi connectivity index (χ1n) is 8.39. The molecule has 1 aromatic carbocycles. The third-order valence-corrected chi connectivity index (χ3v) is 4.81. The molecule has 3 amide bonds. The predicted octanol–water partition coefficient (Wildman–Crippen LogP) is 3.52. The number of phenols is 1. The number of nitrogens with one attached hydrogen (secondary N) is 2. The molecule has 0 spiro atoms. The highest BCUT2D eigenvalue weighted by Crippen LogP contribution is 2.31. The number of piperidine rings is 1. The van der Waals surface area contributed by atoms with Crippen LogP contribution in [0.5, 0.6) is 5.75 Å². The fourth-order valence-electron chi connectivity index (χ4n) is 2.87. The molecule has 27 heavy (non-hydrogen) atoms. The van der Waals surface area contributed by atoms with Gasteiger partial charge in [-0.05, 0) is 37.1 Å². The van der Waals surface area contributed by atoms with Crippen LogP contribution in [0.4, 0.5) is 10.5 Å². The SMILES string of the molecule is O=C(NC1CCN(C(=O)Nc2cccnc2)CC1)c1cc(Cl)cc(Cl)c1O. The van der Waals surface area contributed by atoms with Crippen LogP contribution in [0.3, 0.4) is 0 Å². The van der Waals surface area contributed by atoms with E-state index in [1.807, 2.05) is 0 Å². The zero-order chi connectivity index (χ0) is 19.4. The molecule has 9 heteroatoms. The topological polar surface area (TPSA) is 94.6 Å². The van der Waals surface area contributed by atoms with Crippen molar-refractivity contribution < 1.29 is 14.7 Å². The van der Waals surface area contributed by atoms with E-state index >= 15 is 0 Å². The number of amides is 3. The molecule has 1 aliphatic heterocycles. The van der Waals surface area contributed by atoms with Crippen LogP contribution in [0.1, 0.15) is 23.2 Å². The number of urea groups is 1. The van der Waals surface area contributed by atoms with Crippen molar-refractivity contribution in [1.29, 1.82) is 0 Å². The van der Waals surface area contributed by atoms with Crippen molar-refractivity contribution in [3.8, 4) is 5.75 Å². The number of pyridine rings is 1. The molecular weight excluding hydrogens is 391 g/mol. The Kier molecular flexibility index (Phi) is 6.03. The maximum atomic E-state index is 12.4. The van der Waals surface area contributed by atoms with E-state index in [2.05, 4.69) is 15.6 Å². The summed E-state index contributed by atoms with van der Waals surface area (Å²) in [5.74, 6) is -0.748. The summed E-state index contributed by atoms with van der Waals surface area (Å²) < 4.78 is 0. The predicted molar refractivity (Wildman–Crippen MR) is 103 cm³/mol. The van der Waals surface area contributed by atoms with Gasteiger partial charge in [0.25, 0.3) is 5.91 Å². The van der Waals surface area contributed by atoms with Gasteiger partial charge in [0, 0.05) is 30.4 Å². The van der Waals surface area contributed by atoms with Gasteiger partial charge in [-0.3, -0.25) is 9.78 Å². The van der Waals surface area contributed by atoms with E-state index in [0.717, 1.165) is 0 Å². The van der Waals surface area contributed by atoms with E-state index in [1.54, 1.807) is 29.4 Å². The maximum Gasteiger partial charge on any atom is 0.321 e. The minimum atomic E-state index is -0.449. The van der Waals surface area contributed by atoms with Crippen LogP contribution < -0.4 is 10.6 Å². The molecule has 1 aromatic heterocycles. The van der Waals surface area contributed by atoms with Gasteiger partial charge in [0.2, 0.25) is 0 Å². The Morgan fingerprint density at radius 1 is 1.22 bits per heavy atom. The summed E-state index contributed by atoms with van der Waals surface area (Å²) in [4.78, 5) is 30.3. The number of aromatic hydroxyl groups is 1. The fourth-order valence-corrected chi connectivity index (χ4v) is 3.36. The number of benzene rings is 1. The Morgan fingerprint density at radius 2 is 1.96 bits per heavy atom. The molecule has 7 nitrogen and oxygen atoms in total. The second-order valence-corrected chi connectivity index (χ2v) is 7.03.